The van der Waals surface area contributed by atoms with Gasteiger partial charge < -0.3 is 25.2 Å². The highest BCUT2D eigenvalue weighted by Crippen LogP contribution is 2.28. The summed E-state index contributed by atoms with van der Waals surface area (Å²) in [6, 6.07) is 8.74. The average Bonchev–Trinajstić information content (AvgIpc) is 3.33. The Bertz CT molecular complexity index is 1270. The van der Waals surface area contributed by atoms with Crippen LogP contribution < -0.4 is 20.1 Å². The Hall–Kier alpha value is -4.73. The van der Waals surface area contributed by atoms with E-state index in [0.29, 0.717) is 17.0 Å². The number of allylic oxidation sites excluding steroid dienone is 3. The Morgan fingerprint density at radius 1 is 1.15 bits per heavy atom. The van der Waals surface area contributed by atoms with Crippen molar-refractivity contribution in [3.63, 3.8) is 0 Å². The van der Waals surface area contributed by atoms with Gasteiger partial charge >= 0.3 is 6.09 Å². The lowest BCUT2D eigenvalue weighted by Crippen LogP contribution is -2.18. The molecule has 0 radical (unpaired) electrons. The van der Waals surface area contributed by atoms with E-state index in [4.69, 9.17) is 14.9 Å². The lowest BCUT2D eigenvalue weighted by molar-refractivity contribution is 0.215. The number of benzene rings is 2. The fourth-order valence-electron chi connectivity index (χ4n) is 2.88. The molecule has 1 aliphatic heterocycles. The first-order valence-electron chi connectivity index (χ1n) is 9.62. The van der Waals surface area contributed by atoms with Gasteiger partial charge in [-0.2, -0.15) is 0 Å². The van der Waals surface area contributed by atoms with Crippen LogP contribution in [0.5, 0.6) is 11.5 Å². The monoisotopic (exact) mass is 449 g/mol. The molecule has 2 heterocycles. The lowest BCUT2D eigenvalue weighted by Gasteiger charge is -2.19. The van der Waals surface area contributed by atoms with E-state index in [2.05, 4.69) is 20.6 Å². The highest BCUT2D eigenvalue weighted by Gasteiger charge is 2.17. The second-order valence-electron chi connectivity index (χ2n) is 6.67. The Kier molecular flexibility index (Phi) is 6.26. The molecule has 0 saturated carbocycles. The fourth-order valence-corrected chi connectivity index (χ4v) is 2.88. The van der Waals surface area contributed by atoms with Crippen molar-refractivity contribution < 1.29 is 23.0 Å². The van der Waals surface area contributed by atoms with Gasteiger partial charge in [-0.3, -0.25) is 5.32 Å². The minimum Gasteiger partial charge on any atom is -0.452 e. The van der Waals surface area contributed by atoms with Crippen molar-refractivity contribution in [2.75, 3.05) is 5.32 Å². The number of aromatic amines is 1. The molecule has 4 rings (SSSR count). The van der Waals surface area contributed by atoms with Crippen molar-refractivity contribution >= 4 is 23.6 Å². The van der Waals surface area contributed by atoms with Crippen LogP contribution in [0.2, 0.25) is 0 Å². The number of carbonyl (C=O) groups is 1. The molecule has 4 N–H and O–H groups in total. The van der Waals surface area contributed by atoms with Crippen molar-refractivity contribution in [3.8, 4) is 11.5 Å². The first-order chi connectivity index (χ1) is 16.0. The lowest BCUT2D eigenvalue weighted by atomic mass is 10.1. The maximum atomic E-state index is 14.7. The van der Waals surface area contributed by atoms with Crippen LogP contribution in [0.25, 0.3) is 5.57 Å². The number of aromatic nitrogens is 2. The van der Waals surface area contributed by atoms with Gasteiger partial charge in [-0.15, -0.1) is 0 Å². The third-order valence-electron chi connectivity index (χ3n) is 4.40. The van der Waals surface area contributed by atoms with E-state index in [-0.39, 0.29) is 22.9 Å². The molecule has 10 heteroatoms. The van der Waals surface area contributed by atoms with Crippen LogP contribution in [-0.4, -0.2) is 22.3 Å². The minimum absolute atomic E-state index is 0.0975. The van der Waals surface area contributed by atoms with Crippen molar-refractivity contribution in [2.24, 2.45) is 0 Å². The number of nitrogens with zero attached hydrogens (tertiary/aromatic N) is 1. The van der Waals surface area contributed by atoms with E-state index >= 15 is 0 Å². The molecule has 0 saturated heterocycles. The zero-order valence-electron chi connectivity index (χ0n) is 16.9. The maximum Gasteiger partial charge on any atom is 0.417 e. The molecule has 0 spiro atoms. The van der Waals surface area contributed by atoms with Gasteiger partial charge in [0.2, 0.25) is 0 Å². The smallest absolute Gasteiger partial charge is 0.417 e. The minimum atomic E-state index is -0.862. The largest absolute Gasteiger partial charge is 0.452 e. The second kappa shape index (κ2) is 9.60. The number of hydrogen-bond donors (Lipinski definition) is 4. The van der Waals surface area contributed by atoms with Crippen LogP contribution in [-0.2, 0) is 0 Å². The first kappa shape index (κ1) is 21.5. The number of hydrogen-bond acceptors (Lipinski definition) is 6. The molecule has 0 fully saturated rings. The normalized spacial score (nSPS) is 14.1. The molecular weight excluding hydrogens is 432 g/mol. The maximum absolute atomic E-state index is 14.7. The van der Waals surface area contributed by atoms with Crippen LogP contribution in [0.3, 0.4) is 0 Å². The van der Waals surface area contributed by atoms with Gasteiger partial charge in [0.25, 0.3) is 0 Å². The molecule has 0 aliphatic carbocycles. The predicted molar refractivity (Wildman–Crippen MR) is 118 cm³/mol. The molecule has 0 bridgehead atoms. The van der Waals surface area contributed by atoms with E-state index in [1.807, 2.05) is 0 Å². The average molecular weight is 449 g/mol. The number of nitrogens with one attached hydrogen (secondary N) is 4. The summed E-state index contributed by atoms with van der Waals surface area (Å²) in [6.45, 7) is 0. The zero-order chi connectivity index (χ0) is 23.2. The number of ether oxygens (including phenoxy) is 2. The number of dihydropyridines is 1. The summed E-state index contributed by atoms with van der Waals surface area (Å²) in [4.78, 5) is 19.0. The van der Waals surface area contributed by atoms with Crippen LogP contribution >= 0.6 is 0 Å². The molecule has 0 unspecified atom stereocenters. The summed E-state index contributed by atoms with van der Waals surface area (Å²) in [5.41, 5.74) is 1.93. The van der Waals surface area contributed by atoms with Crippen molar-refractivity contribution in [3.05, 3.63) is 102 Å². The van der Waals surface area contributed by atoms with Gasteiger partial charge in [0.15, 0.2) is 17.3 Å². The number of carbonyl (C=O) groups excluding carboxylic acids is 1. The second-order valence-corrected chi connectivity index (χ2v) is 6.67. The Balaban J connectivity index is 1.48. The summed E-state index contributed by atoms with van der Waals surface area (Å²) in [7, 11) is 0. The van der Waals surface area contributed by atoms with Gasteiger partial charge in [0.1, 0.15) is 11.6 Å². The van der Waals surface area contributed by atoms with Crippen molar-refractivity contribution in [2.45, 2.75) is 0 Å². The van der Waals surface area contributed by atoms with Crippen molar-refractivity contribution in [1.82, 2.24) is 15.3 Å². The van der Waals surface area contributed by atoms with Gasteiger partial charge in [-0.05, 0) is 48.6 Å². The molecule has 1 aliphatic rings. The number of H-pyrrole nitrogens is 1. The van der Waals surface area contributed by atoms with Gasteiger partial charge in [-0.1, -0.05) is 0 Å². The summed E-state index contributed by atoms with van der Waals surface area (Å²) >= 11 is 0. The van der Waals surface area contributed by atoms with Crippen LogP contribution in [0.1, 0.15) is 5.69 Å². The number of rotatable bonds is 6. The van der Waals surface area contributed by atoms with Gasteiger partial charge in [-0.25, -0.2) is 18.6 Å². The topological polar surface area (TPSA) is 112 Å². The Morgan fingerprint density at radius 2 is 1.97 bits per heavy atom. The quantitative estimate of drug-likeness (QED) is 0.406. The van der Waals surface area contributed by atoms with E-state index in [9.17, 15) is 13.6 Å². The van der Waals surface area contributed by atoms with Crippen LogP contribution in [0, 0.1) is 17.0 Å². The number of anilines is 1. The summed E-state index contributed by atoms with van der Waals surface area (Å²) < 4.78 is 38.4. The molecule has 1 aromatic heterocycles. The van der Waals surface area contributed by atoms with E-state index in [0.717, 1.165) is 24.4 Å². The summed E-state index contributed by atoms with van der Waals surface area (Å²) in [5.74, 6) is -0.888. The third kappa shape index (κ3) is 5.31. The number of halogens is 2. The fraction of sp³-hybridized carbons (Fsp3) is 0. The summed E-state index contributed by atoms with van der Waals surface area (Å²) in [5, 5.41) is 12.7. The standard InChI is InChI=1S/C23H17F2N5O3/c24-15-1-4-17(5-2-15)32-23(31)30-16-3-6-21(18(25)10-16)33-22-9-14(20-12-27-13-29-20)11-28-19(22)7-8-26/h1-13,26,28H,(H,27,29)(H,30,31)/b19-7-,26-8?. The summed E-state index contributed by atoms with van der Waals surface area (Å²) in [6.07, 6.45) is 8.24. The first-order valence-corrected chi connectivity index (χ1v) is 9.62. The zero-order valence-corrected chi connectivity index (χ0v) is 16.9. The van der Waals surface area contributed by atoms with Crippen LogP contribution in [0.4, 0.5) is 19.3 Å². The SMILES string of the molecule is N=C/C=C1\NC=C(c2c[nH]cn2)C=C1Oc1ccc(NC(=O)Oc2ccc(F)cc2)cc1F. The van der Waals surface area contributed by atoms with Crippen LogP contribution in [0.15, 0.2) is 84.8 Å². The highest BCUT2D eigenvalue weighted by molar-refractivity contribution is 5.86. The Labute approximate surface area is 186 Å². The molecule has 3 aromatic rings. The molecule has 0 atom stereocenters. The third-order valence-corrected chi connectivity index (χ3v) is 4.40. The van der Waals surface area contributed by atoms with E-state index in [1.54, 1.807) is 18.5 Å². The molecular formula is C23H17F2N5O3. The molecule has 1 amide bonds. The van der Waals surface area contributed by atoms with E-state index in [1.165, 1.54) is 36.7 Å². The molecule has 8 nitrogen and oxygen atoms in total. The molecule has 166 valence electrons. The van der Waals surface area contributed by atoms with Gasteiger partial charge in [0, 0.05) is 35.9 Å². The molecule has 33 heavy (non-hydrogen) atoms. The highest BCUT2D eigenvalue weighted by atomic mass is 19.1. The predicted octanol–water partition coefficient (Wildman–Crippen LogP) is 4.74. The number of imidazole rings is 1. The Morgan fingerprint density at radius 3 is 2.67 bits per heavy atom. The van der Waals surface area contributed by atoms with Gasteiger partial charge in [0.05, 0.1) is 17.7 Å². The van der Waals surface area contributed by atoms with E-state index < -0.39 is 17.7 Å². The number of amides is 1. The van der Waals surface area contributed by atoms with Crippen molar-refractivity contribution in [1.29, 1.82) is 5.41 Å². The molecule has 2 aromatic carbocycles.